The predicted octanol–water partition coefficient (Wildman–Crippen LogP) is 3.48. The first-order valence-electron chi connectivity index (χ1n) is 6.28. The molecule has 0 aliphatic heterocycles. The van der Waals surface area contributed by atoms with E-state index in [0.29, 0.717) is 10.2 Å². The third-order valence-electron chi connectivity index (χ3n) is 3.11. The molecule has 0 fully saturated rings. The zero-order chi connectivity index (χ0) is 15.0. The number of Topliss-reactive ketones (excluding diaryl/α,β-unsaturated/α-hetero) is 1. The second-order valence-corrected chi connectivity index (χ2v) is 6.49. The summed E-state index contributed by atoms with van der Waals surface area (Å²) >= 11 is 4.83. The molecule has 0 unspecified atom stereocenters. The van der Waals surface area contributed by atoms with Gasteiger partial charge >= 0.3 is 0 Å². The van der Waals surface area contributed by atoms with Crippen LogP contribution >= 0.6 is 27.3 Å². The van der Waals surface area contributed by atoms with Crippen LogP contribution in [0.4, 0.5) is 0 Å². The van der Waals surface area contributed by atoms with Crippen LogP contribution in [-0.2, 0) is 11.3 Å². The van der Waals surface area contributed by atoms with E-state index in [1.807, 2.05) is 29.6 Å². The minimum atomic E-state index is -0.172. The molecule has 21 heavy (non-hydrogen) atoms. The van der Waals surface area contributed by atoms with E-state index in [1.165, 1.54) is 29.2 Å². The molecule has 3 rings (SSSR count). The number of halogens is 1. The van der Waals surface area contributed by atoms with E-state index in [9.17, 15) is 9.59 Å². The molecule has 0 saturated carbocycles. The molecule has 0 aliphatic rings. The molecule has 4 nitrogen and oxygen atoms in total. The molecular weight excluding hydrogens is 352 g/mol. The monoisotopic (exact) mass is 362 g/mol. The normalized spacial score (nSPS) is 11.0. The maximum Gasteiger partial charge on any atom is 0.263 e. The van der Waals surface area contributed by atoms with Gasteiger partial charge in [-0.2, -0.15) is 0 Å². The van der Waals surface area contributed by atoms with Crippen LogP contribution in [0.2, 0.25) is 0 Å². The van der Waals surface area contributed by atoms with Gasteiger partial charge in [0, 0.05) is 15.4 Å². The number of aromatic nitrogens is 2. The van der Waals surface area contributed by atoms with Gasteiger partial charge in [0.1, 0.15) is 10.6 Å². The van der Waals surface area contributed by atoms with Crippen molar-refractivity contribution in [2.24, 2.45) is 0 Å². The molecule has 0 saturated heterocycles. The van der Waals surface area contributed by atoms with E-state index in [0.717, 1.165) is 15.6 Å². The fourth-order valence-corrected chi connectivity index (χ4v) is 3.33. The van der Waals surface area contributed by atoms with Crippen LogP contribution in [0.3, 0.4) is 0 Å². The van der Waals surface area contributed by atoms with Gasteiger partial charge in [-0.05, 0) is 24.6 Å². The van der Waals surface area contributed by atoms with Crippen LogP contribution in [0.25, 0.3) is 21.3 Å². The van der Waals surface area contributed by atoms with Gasteiger partial charge in [0.25, 0.3) is 5.56 Å². The Bertz CT molecular complexity index is 881. The van der Waals surface area contributed by atoms with Crippen LogP contribution in [-0.4, -0.2) is 15.3 Å². The molecule has 0 aliphatic carbocycles. The molecule has 1 aromatic carbocycles. The number of carbonyl (C=O) groups is 1. The van der Waals surface area contributed by atoms with E-state index in [2.05, 4.69) is 20.9 Å². The second kappa shape index (κ2) is 5.54. The summed E-state index contributed by atoms with van der Waals surface area (Å²) in [6.45, 7) is 1.51. The number of rotatable bonds is 3. The van der Waals surface area contributed by atoms with Gasteiger partial charge in [-0.1, -0.05) is 28.1 Å². The lowest BCUT2D eigenvalue weighted by Crippen LogP contribution is -2.23. The third-order valence-corrected chi connectivity index (χ3v) is 4.52. The number of nitrogens with zero attached hydrogens (tertiary/aromatic N) is 2. The van der Waals surface area contributed by atoms with Gasteiger partial charge in [-0.25, -0.2) is 4.98 Å². The van der Waals surface area contributed by atoms with Crippen molar-refractivity contribution in [1.29, 1.82) is 0 Å². The van der Waals surface area contributed by atoms with Crippen LogP contribution in [0.5, 0.6) is 0 Å². The minimum Gasteiger partial charge on any atom is -0.298 e. The van der Waals surface area contributed by atoms with Gasteiger partial charge in [0.05, 0.1) is 18.3 Å². The van der Waals surface area contributed by atoms with Gasteiger partial charge in [-0.15, -0.1) is 11.3 Å². The topological polar surface area (TPSA) is 52.0 Å². The largest absolute Gasteiger partial charge is 0.298 e. The van der Waals surface area contributed by atoms with Crippen molar-refractivity contribution in [3.8, 4) is 11.1 Å². The van der Waals surface area contributed by atoms with Crippen LogP contribution in [0.1, 0.15) is 6.92 Å². The summed E-state index contributed by atoms with van der Waals surface area (Å²) in [5, 5.41) is 2.51. The highest BCUT2D eigenvalue weighted by atomic mass is 79.9. The fourth-order valence-electron chi connectivity index (χ4n) is 2.16. The molecule has 0 spiro atoms. The highest BCUT2D eigenvalue weighted by molar-refractivity contribution is 9.10. The van der Waals surface area contributed by atoms with Crippen molar-refractivity contribution in [3.63, 3.8) is 0 Å². The first kappa shape index (κ1) is 14.2. The van der Waals surface area contributed by atoms with Crippen molar-refractivity contribution in [2.75, 3.05) is 0 Å². The number of hydrogen-bond acceptors (Lipinski definition) is 4. The molecule has 6 heteroatoms. The van der Waals surface area contributed by atoms with E-state index >= 15 is 0 Å². The lowest BCUT2D eigenvalue weighted by atomic mass is 10.1. The standard InChI is InChI=1S/C15H11BrN2O2S/c1-9(19)6-18-8-17-14-13(15(18)20)12(7-21-14)10-2-4-11(16)5-3-10/h2-5,7-8H,6H2,1H3. The molecule has 3 aromatic rings. The molecule has 2 aromatic heterocycles. The van der Waals surface area contributed by atoms with Crippen molar-refractivity contribution < 1.29 is 4.79 Å². The summed E-state index contributed by atoms with van der Waals surface area (Å²) in [5.74, 6) is -0.0707. The molecule has 2 heterocycles. The molecule has 0 amide bonds. The Kier molecular flexibility index (Phi) is 3.73. The number of thiophene rings is 1. The van der Waals surface area contributed by atoms with Crippen molar-refractivity contribution in [3.05, 3.63) is 50.8 Å². The molecule has 0 bridgehead atoms. The molecular formula is C15H11BrN2O2S. The zero-order valence-electron chi connectivity index (χ0n) is 11.2. The van der Waals surface area contributed by atoms with E-state index in [-0.39, 0.29) is 17.9 Å². The summed E-state index contributed by atoms with van der Waals surface area (Å²) < 4.78 is 2.35. The van der Waals surface area contributed by atoms with Crippen LogP contribution in [0.15, 0.2) is 45.2 Å². The Labute approximate surface area is 133 Å². The Morgan fingerprint density at radius 3 is 2.71 bits per heavy atom. The second-order valence-electron chi connectivity index (χ2n) is 4.72. The Morgan fingerprint density at radius 1 is 1.33 bits per heavy atom. The Hall–Kier alpha value is -1.79. The summed E-state index contributed by atoms with van der Waals surface area (Å²) in [5.41, 5.74) is 1.65. The summed E-state index contributed by atoms with van der Waals surface area (Å²) in [6.07, 6.45) is 1.44. The summed E-state index contributed by atoms with van der Waals surface area (Å²) in [4.78, 5) is 28.8. The third kappa shape index (κ3) is 2.69. The maximum absolute atomic E-state index is 12.6. The summed E-state index contributed by atoms with van der Waals surface area (Å²) in [7, 11) is 0. The van der Waals surface area contributed by atoms with Crippen molar-refractivity contribution >= 4 is 43.3 Å². The number of hydrogen-bond donors (Lipinski definition) is 0. The number of ketones is 1. The van der Waals surface area contributed by atoms with Gasteiger partial charge in [-0.3, -0.25) is 14.2 Å². The van der Waals surface area contributed by atoms with Crippen molar-refractivity contribution in [1.82, 2.24) is 9.55 Å². The quantitative estimate of drug-likeness (QED) is 0.716. The number of fused-ring (bicyclic) bond motifs is 1. The first-order chi connectivity index (χ1) is 10.1. The van der Waals surface area contributed by atoms with E-state index in [4.69, 9.17) is 0 Å². The SMILES string of the molecule is CC(=O)Cn1cnc2scc(-c3ccc(Br)cc3)c2c1=O. The number of benzene rings is 1. The van der Waals surface area contributed by atoms with E-state index in [1.54, 1.807) is 0 Å². The lowest BCUT2D eigenvalue weighted by molar-refractivity contribution is -0.117. The maximum atomic E-state index is 12.6. The highest BCUT2D eigenvalue weighted by Crippen LogP contribution is 2.31. The Morgan fingerprint density at radius 2 is 2.05 bits per heavy atom. The smallest absolute Gasteiger partial charge is 0.263 e. The minimum absolute atomic E-state index is 0.0530. The van der Waals surface area contributed by atoms with Crippen molar-refractivity contribution in [2.45, 2.75) is 13.5 Å². The fraction of sp³-hybridized carbons (Fsp3) is 0.133. The summed E-state index contributed by atoms with van der Waals surface area (Å²) in [6, 6.07) is 7.77. The molecule has 106 valence electrons. The predicted molar refractivity (Wildman–Crippen MR) is 87.7 cm³/mol. The van der Waals surface area contributed by atoms with Gasteiger partial charge in [0.2, 0.25) is 0 Å². The Balaban J connectivity index is 2.22. The molecule has 0 N–H and O–H groups in total. The average molecular weight is 363 g/mol. The molecule has 0 radical (unpaired) electrons. The lowest BCUT2D eigenvalue weighted by Gasteiger charge is -2.04. The average Bonchev–Trinajstić information content (AvgIpc) is 2.87. The molecule has 0 atom stereocenters. The van der Waals surface area contributed by atoms with Gasteiger partial charge < -0.3 is 0 Å². The zero-order valence-corrected chi connectivity index (χ0v) is 13.6. The van der Waals surface area contributed by atoms with Crippen LogP contribution in [0, 0.1) is 0 Å². The highest BCUT2D eigenvalue weighted by Gasteiger charge is 2.13. The van der Waals surface area contributed by atoms with E-state index < -0.39 is 0 Å². The van der Waals surface area contributed by atoms with Gasteiger partial charge in [0.15, 0.2) is 0 Å². The van der Waals surface area contributed by atoms with Crippen LogP contribution < -0.4 is 5.56 Å². The number of carbonyl (C=O) groups excluding carboxylic acids is 1. The first-order valence-corrected chi connectivity index (χ1v) is 7.95.